The van der Waals surface area contributed by atoms with Gasteiger partial charge < -0.3 is 5.11 Å². The Balaban J connectivity index is 2.59. The van der Waals surface area contributed by atoms with Crippen LogP contribution >= 0.6 is 0 Å². The lowest BCUT2D eigenvalue weighted by molar-refractivity contribution is 0.0695. The van der Waals surface area contributed by atoms with Gasteiger partial charge in [0.25, 0.3) is 0 Å². The highest BCUT2D eigenvalue weighted by molar-refractivity contribution is 5.89. The van der Waals surface area contributed by atoms with E-state index in [1.165, 1.54) is 12.1 Å². The molecule has 0 bridgehead atoms. The van der Waals surface area contributed by atoms with Crippen molar-refractivity contribution in [3.05, 3.63) is 34.6 Å². The standard InChI is InChI=1S/C11H11FO2/c12-10-6-5-9(11(13)14)7-3-1-2-4-8(7)10/h5-6H,1-4H2,(H,13,14). The van der Waals surface area contributed by atoms with E-state index in [2.05, 4.69) is 0 Å². The molecule has 0 radical (unpaired) electrons. The molecule has 0 fully saturated rings. The van der Waals surface area contributed by atoms with E-state index in [1.54, 1.807) is 0 Å². The molecule has 3 heteroatoms. The van der Waals surface area contributed by atoms with E-state index in [9.17, 15) is 9.18 Å². The van der Waals surface area contributed by atoms with Crippen LogP contribution in [0.3, 0.4) is 0 Å². The van der Waals surface area contributed by atoms with Gasteiger partial charge in [-0.05, 0) is 48.9 Å². The number of carboxylic acid groups (broad SMARTS) is 1. The average Bonchev–Trinajstić information content (AvgIpc) is 2.18. The molecule has 1 N–H and O–H groups in total. The second-order valence-corrected chi connectivity index (χ2v) is 3.56. The predicted octanol–water partition coefficient (Wildman–Crippen LogP) is 2.40. The van der Waals surface area contributed by atoms with E-state index in [0.717, 1.165) is 12.8 Å². The maximum atomic E-state index is 13.3. The van der Waals surface area contributed by atoms with E-state index in [1.807, 2.05) is 0 Å². The summed E-state index contributed by atoms with van der Waals surface area (Å²) in [4.78, 5) is 10.9. The summed E-state index contributed by atoms with van der Waals surface area (Å²) in [6.45, 7) is 0. The fourth-order valence-electron chi connectivity index (χ4n) is 2.02. The molecule has 14 heavy (non-hydrogen) atoms. The summed E-state index contributed by atoms with van der Waals surface area (Å²) >= 11 is 0. The lowest BCUT2D eigenvalue weighted by atomic mass is 9.88. The highest BCUT2D eigenvalue weighted by Gasteiger charge is 2.19. The first-order chi connectivity index (χ1) is 6.70. The van der Waals surface area contributed by atoms with Crippen molar-refractivity contribution in [2.45, 2.75) is 25.7 Å². The number of fused-ring (bicyclic) bond motifs is 1. The molecule has 2 rings (SSSR count). The molecule has 0 heterocycles. The fraction of sp³-hybridized carbons (Fsp3) is 0.364. The van der Waals surface area contributed by atoms with Crippen LogP contribution in [-0.2, 0) is 12.8 Å². The first kappa shape index (κ1) is 9.19. The number of hydrogen-bond acceptors (Lipinski definition) is 1. The average molecular weight is 194 g/mol. The molecule has 74 valence electrons. The van der Waals surface area contributed by atoms with Crippen molar-refractivity contribution in [3.63, 3.8) is 0 Å². The number of hydrogen-bond donors (Lipinski definition) is 1. The number of benzene rings is 1. The zero-order valence-electron chi connectivity index (χ0n) is 7.72. The molecule has 0 unspecified atom stereocenters. The lowest BCUT2D eigenvalue weighted by Gasteiger charge is -2.18. The summed E-state index contributed by atoms with van der Waals surface area (Å²) < 4.78 is 13.3. The van der Waals surface area contributed by atoms with Crippen LogP contribution in [0.5, 0.6) is 0 Å². The molecular formula is C11H11FO2. The lowest BCUT2D eigenvalue weighted by Crippen LogP contribution is -2.12. The largest absolute Gasteiger partial charge is 0.478 e. The van der Waals surface area contributed by atoms with Crippen LogP contribution in [0.15, 0.2) is 12.1 Å². The van der Waals surface area contributed by atoms with Crippen LogP contribution in [0.1, 0.15) is 34.3 Å². The summed E-state index contributed by atoms with van der Waals surface area (Å²) in [5, 5.41) is 8.91. The van der Waals surface area contributed by atoms with Gasteiger partial charge in [-0.3, -0.25) is 0 Å². The number of halogens is 1. The van der Waals surface area contributed by atoms with Gasteiger partial charge in [-0.1, -0.05) is 0 Å². The van der Waals surface area contributed by atoms with Gasteiger partial charge >= 0.3 is 5.97 Å². The Morgan fingerprint density at radius 2 is 1.86 bits per heavy atom. The van der Waals surface area contributed by atoms with Crippen LogP contribution in [-0.4, -0.2) is 11.1 Å². The summed E-state index contributed by atoms with van der Waals surface area (Å²) in [5.74, 6) is -1.21. The van der Waals surface area contributed by atoms with Crippen molar-refractivity contribution in [1.29, 1.82) is 0 Å². The summed E-state index contributed by atoms with van der Waals surface area (Å²) in [7, 11) is 0. The predicted molar refractivity (Wildman–Crippen MR) is 50.0 cm³/mol. The quantitative estimate of drug-likeness (QED) is 0.745. The van der Waals surface area contributed by atoms with Crippen molar-refractivity contribution in [3.8, 4) is 0 Å². The van der Waals surface area contributed by atoms with Crippen molar-refractivity contribution >= 4 is 5.97 Å². The summed E-state index contributed by atoms with van der Waals surface area (Å²) in [5.41, 5.74) is 1.57. The van der Waals surface area contributed by atoms with Crippen LogP contribution in [0.2, 0.25) is 0 Å². The molecule has 1 aromatic carbocycles. The van der Waals surface area contributed by atoms with Gasteiger partial charge in [0, 0.05) is 0 Å². The molecule has 0 atom stereocenters. The van der Waals surface area contributed by atoms with Crippen LogP contribution < -0.4 is 0 Å². The molecule has 0 saturated carbocycles. The van der Waals surface area contributed by atoms with Gasteiger partial charge in [0.15, 0.2) is 0 Å². The van der Waals surface area contributed by atoms with E-state index in [0.29, 0.717) is 24.0 Å². The third kappa shape index (κ3) is 1.39. The van der Waals surface area contributed by atoms with Gasteiger partial charge in [0.2, 0.25) is 0 Å². The topological polar surface area (TPSA) is 37.3 Å². The molecule has 1 aliphatic rings. The van der Waals surface area contributed by atoms with Gasteiger partial charge in [0.05, 0.1) is 5.56 Å². The Labute approximate surface area is 81.4 Å². The number of rotatable bonds is 1. The molecule has 0 spiro atoms. The number of carboxylic acids is 1. The third-order valence-electron chi connectivity index (χ3n) is 2.71. The SMILES string of the molecule is O=C(O)c1ccc(F)c2c1CCCC2. The van der Waals surface area contributed by atoms with Crippen molar-refractivity contribution in [2.24, 2.45) is 0 Å². The minimum Gasteiger partial charge on any atom is -0.478 e. The molecule has 1 aromatic rings. The minimum atomic E-state index is -0.955. The zero-order chi connectivity index (χ0) is 10.1. The Morgan fingerprint density at radius 1 is 1.21 bits per heavy atom. The Morgan fingerprint density at radius 3 is 2.50 bits per heavy atom. The van der Waals surface area contributed by atoms with Gasteiger partial charge in [-0.25, -0.2) is 9.18 Å². The molecule has 1 aliphatic carbocycles. The number of carbonyl (C=O) groups is 1. The van der Waals surface area contributed by atoms with E-state index in [-0.39, 0.29) is 11.4 Å². The van der Waals surface area contributed by atoms with Gasteiger partial charge in [-0.15, -0.1) is 0 Å². The third-order valence-corrected chi connectivity index (χ3v) is 2.71. The van der Waals surface area contributed by atoms with Gasteiger partial charge in [0.1, 0.15) is 5.82 Å². The summed E-state index contributed by atoms with van der Waals surface area (Å²) in [6.07, 6.45) is 3.26. The highest BCUT2D eigenvalue weighted by Crippen LogP contribution is 2.26. The molecular weight excluding hydrogens is 183 g/mol. The van der Waals surface area contributed by atoms with Crippen LogP contribution in [0.25, 0.3) is 0 Å². The normalized spacial score (nSPS) is 14.9. The molecule has 0 aromatic heterocycles. The zero-order valence-corrected chi connectivity index (χ0v) is 7.72. The molecule has 0 saturated heterocycles. The maximum Gasteiger partial charge on any atom is 0.335 e. The molecule has 0 amide bonds. The van der Waals surface area contributed by atoms with E-state index >= 15 is 0 Å². The second kappa shape index (κ2) is 3.40. The van der Waals surface area contributed by atoms with Crippen molar-refractivity contribution in [2.75, 3.05) is 0 Å². The first-order valence-corrected chi connectivity index (χ1v) is 4.73. The molecule has 2 nitrogen and oxygen atoms in total. The minimum absolute atomic E-state index is 0.260. The fourth-order valence-corrected chi connectivity index (χ4v) is 2.02. The Hall–Kier alpha value is -1.38. The van der Waals surface area contributed by atoms with Crippen LogP contribution in [0.4, 0.5) is 4.39 Å². The van der Waals surface area contributed by atoms with Crippen molar-refractivity contribution in [1.82, 2.24) is 0 Å². The maximum absolute atomic E-state index is 13.3. The van der Waals surface area contributed by atoms with Gasteiger partial charge in [-0.2, -0.15) is 0 Å². The van der Waals surface area contributed by atoms with E-state index < -0.39 is 5.97 Å². The monoisotopic (exact) mass is 194 g/mol. The first-order valence-electron chi connectivity index (χ1n) is 4.73. The molecule has 0 aliphatic heterocycles. The Kier molecular flexibility index (Phi) is 2.23. The van der Waals surface area contributed by atoms with E-state index in [4.69, 9.17) is 5.11 Å². The summed E-state index contributed by atoms with van der Waals surface area (Å²) in [6, 6.07) is 2.62. The Bertz CT molecular complexity index is 385. The highest BCUT2D eigenvalue weighted by atomic mass is 19.1. The second-order valence-electron chi connectivity index (χ2n) is 3.56. The number of aromatic carboxylic acids is 1. The van der Waals surface area contributed by atoms with Crippen LogP contribution in [0, 0.1) is 5.82 Å². The van der Waals surface area contributed by atoms with Crippen molar-refractivity contribution < 1.29 is 14.3 Å². The smallest absolute Gasteiger partial charge is 0.335 e.